The van der Waals surface area contributed by atoms with Gasteiger partial charge in [0.2, 0.25) is 0 Å². The van der Waals surface area contributed by atoms with Crippen molar-refractivity contribution < 1.29 is 0 Å². The Bertz CT molecular complexity index is 151. The Labute approximate surface area is 56.0 Å². The summed E-state index contributed by atoms with van der Waals surface area (Å²) in [6.07, 6.45) is 9.51. The van der Waals surface area contributed by atoms with Gasteiger partial charge in [0, 0.05) is 0 Å². The fourth-order valence-electron chi connectivity index (χ4n) is 2.80. The molecule has 0 heterocycles. The van der Waals surface area contributed by atoms with Crippen molar-refractivity contribution in [1.82, 2.24) is 0 Å². The molecule has 4 atom stereocenters. The fourth-order valence-corrected chi connectivity index (χ4v) is 2.80. The van der Waals surface area contributed by atoms with E-state index in [-0.39, 0.29) is 0 Å². The van der Waals surface area contributed by atoms with Gasteiger partial charge in [-0.05, 0) is 42.9 Å². The largest absolute Gasteiger partial charge is 0.0848 e. The van der Waals surface area contributed by atoms with Crippen LogP contribution in [0.3, 0.4) is 0 Å². The predicted molar refractivity (Wildman–Crippen MR) is 37.0 cm³/mol. The maximum absolute atomic E-state index is 2.47. The van der Waals surface area contributed by atoms with Crippen LogP contribution in [0.15, 0.2) is 12.2 Å². The Morgan fingerprint density at radius 1 is 0.889 bits per heavy atom. The third-order valence-corrected chi connectivity index (χ3v) is 3.43. The molecule has 0 N–H and O–H groups in total. The van der Waals surface area contributed by atoms with Crippen molar-refractivity contribution in [3.05, 3.63) is 12.2 Å². The van der Waals surface area contributed by atoms with Gasteiger partial charge in [0.25, 0.3) is 0 Å². The Kier molecular flexibility index (Phi) is 0.633. The highest BCUT2D eigenvalue weighted by atomic mass is 14.6. The lowest BCUT2D eigenvalue weighted by atomic mass is 9.76. The molecule has 0 heteroatoms. The zero-order valence-electron chi connectivity index (χ0n) is 5.59. The van der Waals surface area contributed by atoms with Crippen molar-refractivity contribution >= 4 is 0 Å². The second kappa shape index (κ2) is 1.25. The molecule has 4 aliphatic carbocycles. The van der Waals surface area contributed by atoms with E-state index in [1.807, 2.05) is 0 Å². The minimum absolute atomic E-state index is 1.01. The Balaban J connectivity index is 2.05. The van der Waals surface area contributed by atoms with Gasteiger partial charge in [0.1, 0.15) is 0 Å². The van der Waals surface area contributed by atoms with Gasteiger partial charge in [-0.1, -0.05) is 12.2 Å². The summed E-state index contributed by atoms with van der Waals surface area (Å²) in [5.41, 5.74) is 0. The molecule has 0 aromatic rings. The number of rotatable bonds is 0. The van der Waals surface area contributed by atoms with Gasteiger partial charge in [0.15, 0.2) is 0 Å². The van der Waals surface area contributed by atoms with E-state index in [1.165, 1.54) is 12.8 Å². The van der Waals surface area contributed by atoms with Crippen LogP contribution in [-0.4, -0.2) is 0 Å². The first-order chi connectivity index (χ1) is 4.45. The molecule has 4 aliphatic rings. The minimum atomic E-state index is 1.01. The zero-order chi connectivity index (χ0) is 5.84. The van der Waals surface area contributed by atoms with Gasteiger partial charge in [-0.2, -0.15) is 0 Å². The second-order valence-electron chi connectivity index (χ2n) is 3.85. The first kappa shape index (κ1) is 4.54. The summed E-state index contributed by atoms with van der Waals surface area (Å²) in [5, 5.41) is 0. The van der Waals surface area contributed by atoms with Crippen molar-refractivity contribution in [3.8, 4) is 0 Å². The van der Waals surface area contributed by atoms with Crippen LogP contribution in [0.5, 0.6) is 0 Å². The lowest BCUT2D eigenvalue weighted by Crippen LogP contribution is -2.19. The van der Waals surface area contributed by atoms with Crippen LogP contribution >= 0.6 is 0 Å². The third kappa shape index (κ3) is 0.452. The Hall–Kier alpha value is -0.260. The maximum atomic E-state index is 2.47. The average molecular weight is 120 g/mol. The van der Waals surface area contributed by atoms with E-state index in [2.05, 4.69) is 12.2 Å². The highest BCUT2D eigenvalue weighted by Crippen LogP contribution is 2.59. The molecular weight excluding hydrogens is 108 g/mol. The Morgan fingerprint density at radius 3 is 1.78 bits per heavy atom. The van der Waals surface area contributed by atoms with Gasteiger partial charge in [0.05, 0.1) is 0 Å². The maximum Gasteiger partial charge on any atom is -0.0202 e. The van der Waals surface area contributed by atoms with E-state index in [4.69, 9.17) is 0 Å². The monoisotopic (exact) mass is 120 g/mol. The third-order valence-electron chi connectivity index (χ3n) is 3.43. The standard InChI is InChI=1S/C9H12/c1-2-7-4-3-6(1)8-5-9(7)8/h1-2,6-9H,3-5H2. The van der Waals surface area contributed by atoms with Gasteiger partial charge < -0.3 is 0 Å². The van der Waals surface area contributed by atoms with E-state index in [1.54, 1.807) is 6.42 Å². The molecule has 2 bridgehead atoms. The Morgan fingerprint density at radius 2 is 1.44 bits per heavy atom. The molecule has 0 saturated heterocycles. The lowest BCUT2D eigenvalue weighted by Gasteiger charge is -2.29. The number of fused-ring (bicyclic) bond motifs is 1. The van der Waals surface area contributed by atoms with Crippen LogP contribution in [0.2, 0.25) is 0 Å². The molecule has 0 aromatic carbocycles. The summed E-state index contributed by atoms with van der Waals surface area (Å²) >= 11 is 0. The van der Waals surface area contributed by atoms with Crippen molar-refractivity contribution in [3.63, 3.8) is 0 Å². The van der Waals surface area contributed by atoms with Gasteiger partial charge in [-0.15, -0.1) is 0 Å². The van der Waals surface area contributed by atoms with E-state index < -0.39 is 0 Å². The molecule has 0 aromatic heterocycles. The highest BCUT2D eigenvalue weighted by molar-refractivity contribution is 5.16. The van der Waals surface area contributed by atoms with Crippen LogP contribution in [0, 0.1) is 23.7 Å². The van der Waals surface area contributed by atoms with E-state index in [0.717, 1.165) is 23.7 Å². The first-order valence-electron chi connectivity index (χ1n) is 4.13. The number of hydrogen-bond donors (Lipinski definition) is 0. The quantitative estimate of drug-likeness (QED) is 0.430. The molecule has 0 aliphatic heterocycles. The summed E-state index contributed by atoms with van der Waals surface area (Å²) in [5.74, 6) is 4.32. The van der Waals surface area contributed by atoms with Crippen LogP contribution in [0.25, 0.3) is 0 Å². The molecule has 4 unspecified atom stereocenters. The van der Waals surface area contributed by atoms with Crippen molar-refractivity contribution in [1.29, 1.82) is 0 Å². The molecule has 2 fully saturated rings. The summed E-state index contributed by atoms with van der Waals surface area (Å²) in [7, 11) is 0. The fraction of sp³-hybridized carbons (Fsp3) is 0.778. The van der Waals surface area contributed by atoms with Crippen LogP contribution < -0.4 is 0 Å². The van der Waals surface area contributed by atoms with Crippen molar-refractivity contribution in [2.45, 2.75) is 19.3 Å². The van der Waals surface area contributed by atoms with Crippen molar-refractivity contribution in [2.75, 3.05) is 0 Å². The predicted octanol–water partition coefficient (Wildman–Crippen LogP) is 2.22. The smallest absolute Gasteiger partial charge is 0.0202 e. The summed E-state index contributed by atoms with van der Waals surface area (Å²) < 4.78 is 0. The van der Waals surface area contributed by atoms with Crippen LogP contribution in [-0.2, 0) is 0 Å². The molecule has 0 nitrogen and oxygen atoms in total. The molecule has 4 rings (SSSR count). The number of hydrogen-bond acceptors (Lipinski definition) is 0. The molecule has 2 saturated carbocycles. The molecule has 0 radical (unpaired) electrons. The normalized spacial score (nSPS) is 59.6. The van der Waals surface area contributed by atoms with Crippen LogP contribution in [0.1, 0.15) is 19.3 Å². The lowest BCUT2D eigenvalue weighted by molar-refractivity contribution is 0.309. The zero-order valence-corrected chi connectivity index (χ0v) is 5.59. The molecule has 9 heavy (non-hydrogen) atoms. The van der Waals surface area contributed by atoms with Crippen molar-refractivity contribution in [2.24, 2.45) is 23.7 Å². The summed E-state index contributed by atoms with van der Waals surface area (Å²) in [4.78, 5) is 0. The first-order valence-corrected chi connectivity index (χ1v) is 4.13. The topological polar surface area (TPSA) is 0 Å². The van der Waals surface area contributed by atoms with E-state index in [9.17, 15) is 0 Å². The number of allylic oxidation sites excluding steroid dienone is 2. The molecule has 48 valence electrons. The molecule has 0 spiro atoms. The summed E-state index contributed by atoms with van der Waals surface area (Å²) in [6.45, 7) is 0. The average Bonchev–Trinajstić information content (AvgIpc) is 2.68. The highest BCUT2D eigenvalue weighted by Gasteiger charge is 2.50. The van der Waals surface area contributed by atoms with Gasteiger partial charge in [-0.25, -0.2) is 0 Å². The minimum Gasteiger partial charge on any atom is -0.0848 e. The van der Waals surface area contributed by atoms with Gasteiger partial charge >= 0.3 is 0 Å². The van der Waals surface area contributed by atoms with Gasteiger partial charge in [-0.3, -0.25) is 0 Å². The van der Waals surface area contributed by atoms with E-state index in [0.29, 0.717) is 0 Å². The summed E-state index contributed by atoms with van der Waals surface area (Å²) in [6, 6.07) is 0. The van der Waals surface area contributed by atoms with Crippen LogP contribution in [0.4, 0.5) is 0 Å². The SMILES string of the molecule is C1=CC2CCC1C1CC21. The molecule has 0 amide bonds. The van der Waals surface area contributed by atoms with E-state index >= 15 is 0 Å². The second-order valence-corrected chi connectivity index (χ2v) is 3.85. The molecular formula is C9H12.